The second-order valence-corrected chi connectivity index (χ2v) is 10.6. The highest BCUT2D eigenvalue weighted by atomic mass is 32.1. The number of rotatable bonds is 6. The first-order valence-corrected chi connectivity index (χ1v) is 13.5. The Labute approximate surface area is 220 Å². The summed E-state index contributed by atoms with van der Waals surface area (Å²) in [5, 5.41) is 0. The van der Waals surface area contributed by atoms with E-state index in [4.69, 9.17) is 4.74 Å². The number of amides is 1. The summed E-state index contributed by atoms with van der Waals surface area (Å²) in [7, 11) is 1.63. The minimum atomic E-state index is -0.470. The number of hydrogen-bond acceptors (Lipinski definition) is 4. The molecule has 1 aromatic carbocycles. The summed E-state index contributed by atoms with van der Waals surface area (Å²) >= 11 is 1.05. The molecule has 0 unspecified atom stereocenters. The van der Waals surface area contributed by atoms with Gasteiger partial charge in [-0.05, 0) is 79.3 Å². The average Bonchev–Trinajstić information content (AvgIpc) is 3.21. The SMILES string of the molecule is COc1ccc(-c2ccncc2)cc1CN(C(=O)c1sc2c(c1C)C(F)=CCC=C2F)C1CCCCC1. The lowest BCUT2D eigenvalue weighted by molar-refractivity contribution is 0.0617. The minimum absolute atomic E-state index is 0.0534. The van der Waals surface area contributed by atoms with E-state index in [-0.39, 0.29) is 28.8 Å². The van der Waals surface area contributed by atoms with Crippen LogP contribution in [0, 0.1) is 6.92 Å². The van der Waals surface area contributed by atoms with Crippen LogP contribution in [0.1, 0.15) is 69.8 Å². The molecule has 2 aliphatic rings. The summed E-state index contributed by atoms with van der Waals surface area (Å²) in [4.78, 5) is 20.7. The number of allylic oxidation sites excluding steroid dienone is 2. The fourth-order valence-corrected chi connectivity index (χ4v) is 6.53. The third kappa shape index (κ3) is 5.10. The van der Waals surface area contributed by atoms with Crippen molar-refractivity contribution in [2.45, 2.75) is 58.0 Å². The van der Waals surface area contributed by atoms with E-state index in [1.165, 1.54) is 12.2 Å². The smallest absolute Gasteiger partial charge is 0.264 e. The van der Waals surface area contributed by atoms with Crippen LogP contribution in [0.4, 0.5) is 8.78 Å². The van der Waals surface area contributed by atoms with Crippen LogP contribution in [0.15, 0.2) is 54.9 Å². The predicted octanol–water partition coefficient (Wildman–Crippen LogP) is 8.13. The molecule has 1 saturated carbocycles. The van der Waals surface area contributed by atoms with Gasteiger partial charge in [0.25, 0.3) is 5.91 Å². The van der Waals surface area contributed by atoms with Crippen LogP contribution in [0.3, 0.4) is 0 Å². The highest BCUT2D eigenvalue weighted by Gasteiger charge is 2.32. The number of benzene rings is 1. The zero-order valence-corrected chi connectivity index (χ0v) is 21.9. The topological polar surface area (TPSA) is 42.4 Å². The quantitative estimate of drug-likeness (QED) is 0.330. The van der Waals surface area contributed by atoms with Crippen LogP contribution in [0.25, 0.3) is 22.8 Å². The van der Waals surface area contributed by atoms with Gasteiger partial charge in [0, 0.05) is 36.1 Å². The maximum Gasteiger partial charge on any atom is 0.264 e. The second kappa shape index (κ2) is 11.0. The molecular weight excluding hydrogens is 490 g/mol. The molecule has 5 rings (SSSR count). The molecule has 0 aliphatic heterocycles. The van der Waals surface area contributed by atoms with E-state index in [0.717, 1.165) is 60.1 Å². The van der Waals surface area contributed by atoms with E-state index in [1.54, 1.807) is 26.4 Å². The van der Waals surface area contributed by atoms with Crippen molar-refractivity contribution in [3.63, 3.8) is 0 Å². The maximum absolute atomic E-state index is 14.9. The molecule has 0 radical (unpaired) electrons. The average molecular weight is 521 g/mol. The molecule has 0 atom stereocenters. The first kappa shape index (κ1) is 25.3. The minimum Gasteiger partial charge on any atom is -0.496 e. The summed E-state index contributed by atoms with van der Waals surface area (Å²) in [6, 6.07) is 9.92. The van der Waals surface area contributed by atoms with Crippen molar-refractivity contribution in [1.82, 2.24) is 9.88 Å². The summed E-state index contributed by atoms with van der Waals surface area (Å²) in [5.74, 6) is -0.419. The molecule has 1 fully saturated rings. The highest BCUT2D eigenvalue weighted by Crippen LogP contribution is 2.42. The summed E-state index contributed by atoms with van der Waals surface area (Å²) in [6.07, 6.45) is 11.5. The Morgan fingerprint density at radius 1 is 1.05 bits per heavy atom. The number of methoxy groups -OCH3 is 1. The Morgan fingerprint density at radius 2 is 1.78 bits per heavy atom. The van der Waals surface area contributed by atoms with Gasteiger partial charge in [0.05, 0.1) is 16.9 Å². The summed E-state index contributed by atoms with van der Waals surface area (Å²) in [6.45, 7) is 2.07. The van der Waals surface area contributed by atoms with E-state index >= 15 is 0 Å². The Morgan fingerprint density at radius 3 is 2.51 bits per heavy atom. The predicted molar refractivity (Wildman–Crippen MR) is 145 cm³/mol. The fraction of sp³-hybridized carbons (Fsp3) is 0.333. The molecule has 2 heterocycles. The van der Waals surface area contributed by atoms with Crippen molar-refractivity contribution >= 4 is 28.9 Å². The lowest BCUT2D eigenvalue weighted by Crippen LogP contribution is -2.41. The van der Waals surface area contributed by atoms with Gasteiger partial charge in [0.1, 0.15) is 17.4 Å². The van der Waals surface area contributed by atoms with Gasteiger partial charge in [-0.1, -0.05) is 25.3 Å². The molecule has 3 aromatic rings. The van der Waals surface area contributed by atoms with Gasteiger partial charge in [-0.3, -0.25) is 9.78 Å². The number of carbonyl (C=O) groups excluding carboxylic acids is 1. The van der Waals surface area contributed by atoms with Gasteiger partial charge in [-0.25, -0.2) is 8.78 Å². The molecule has 2 aliphatic carbocycles. The monoisotopic (exact) mass is 520 g/mol. The molecule has 0 spiro atoms. The lowest BCUT2D eigenvalue weighted by Gasteiger charge is -2.35. The first-order chi connectivity index (χ1) is 18.0. The molecule has 0 bridgehead atoms. The van der Waals surface area contributed by atoms with Gasteiger partial charge in [0.2, 0.25) is 0 Å². The fourth-order valence-electron chi connectivity index (χ4n) is 5.33. The van der Waals surface area contributed by atoms with Crippen molar-refractivity contribution in [2.24, 2.45) is 0 Å². The third-order valence-corrected chi connectivity index (χ3v) is 8.59. The van der Waals surface area contributed by atoms with E-state index in [9.17, 15) is 13.6 Å². The van der Waals surface area contributed by atoms with Gasteiger partial charge in [0.15, 0.2) is 0 Å². The van der Waals surface area contributed by atoms with E-state index in [0.29, 0.717) is 22.7 Å². The number of nitrogens with zero attached hydrogens (tertiary/aromatic N) is 2. The van der Waals surface area contributed by atoms with E-state index in [1.807, 2.05) is 29.2 Å². The zero-order chi connectivity index (χ0) is 25.9. The Balaban J connectivity index is 1.55. The van der Waals surface area contributed by atoms with Crippen LogP contribution in [-0.2, 0) is 6.54 Å². The van der Waals surface area contributed by atoms with Crippen LogP contribution >= 0.6 is 11.3 Å². The van der Waals surface area contributed by atoms with Gasteiger partial charge in [-0.15, -0.1) is 11.3 Å². The molecule has 37 heavy (non-hydrogen) atoms. The van der Waals surface area contributed by atoms with E-state index < -0.39 is 11.7 Å². The Kier molecular flexibility index (Phi) is 7.51. The van der Waals surface area contributed by atoms with Gasteiger partial charge < -0.3 is 9.64 Å². The number of carbonyl (C=O) groups is 1. The number of ether oxygens (including phenoxy) is 1. The second-order valence-electron chi connectivity index (χ2n) is 9.59. The molecule has 4 nitrogen and oxygen atoms in total. The summed E-state index contributed by atoms with van der Waals surface area (Å²) < 4.78 is 35.4. The highest BCUT2D eigenvalue weighted by molar-refractivity contribution is 7.15. The van der Waals surface area contributed by atoms with Crippen LogP contribution in [0.2, 0.25) is 0 Å². The molecule has 0 N–H and O–H groups in total. The van der Waals surface area contributed by atoms with Crippen LogP contribution in [0.5, 0.6) is 5.75 Å². The van der Waals surface area contributed by atoms with Gasteiger partial charge in [-0.2, -0.15) is 0 Å². The number of pyridine rings is 1. The number of hydrogen-bond donors (Lipinski definition) is 0. The van der Waals surface area contributed by atoms with Crippen molar-refractivity contribution in [2.75, 3.05) is 7.11 Å². The first-order valence-electron chi connectivity index (χ1n) is 12.7. The Bertz CT molecular complexity index is 1360. The summed E-state index contributed by atoms with van der Waals surface area (Å²) in [5.41, 5.74) is 3.64. The largest absolute Gasteiger partial charge is 0.496 e. The number of aromatic nitrogens is 1. The maximum atomic E-state index is 14.9. The number of thiophene rings is 1. The zero-order valence-electron chi connectivity index (χ0n) is 21.1. The molecule has 192 valence electrons. The third-order valence-electron chi connectivity index (χ3n) is 7.30. The van der Waals surface area contributed by atoms with Crippen molar-refractivity contribution in [3.05, 3.63) is 81.3 Å². The molecular formula is C30H30F2N2O2S. The lowest BCUT2D eigenvalue weighted by atomic mass is 9.93. The Hall–Kier alpha value is -3.32. The molecule has 2 aromatic heterocycles. The van der Waals surface area contributed by atoms with Crippen molar-refractivity contribution in [1.29, 1.82) is 0 Å². The molecule has 7 heteroatoms. The van der Waals surface area contributed by atoms with Crippen molar-refractivity contribution < 1.29 is 18.3 Å². The van der Waals surface area contributed by atoms with Crippen LogP contribution < -0.4 is 4.74 Å². The molecule has 1 amide bonds. The standard InChI is InChI=1S/C30H30F2N2O2S/c1-19-27-24(31)9-6-10-25(32)29(27)37-28(19)30(35)34(23-7-4-3-5-8-23)18-22-17-21(11-12-26(22)36-2)20-13-15-33-16-14-20/h9-17,23H,3-8,18H2,1-2H3. The van der Waals surface area contributed by atoms with E-state index in [2.05, 4.69) is 11.1 Å². The van der Waals surface area contributed by atoms with Crippen molar-refractivity contribution in [3.8, 4) is 16.9 Å². The number of halogens is 2. The normalized spacial score (nSPS) is 15.9. The van der Waals surface area contributed by atoms with Crippen LogP contribution in [-0.4, -0.2) is 28.9 Å². The van der Waals surface area contributed by atoms with Gasteiger partial charge >= 0.3 is 0 Å². The number of fused-ring (bicyclic) bond motifs is 1. The molecule has 0 saturated heterocycles.